The van der Waals surface area contributed by atoms with Crippen molar-refractivity contribution in [2.75, 3.05) is 28.3 Å². The largest absolute Gasteiger partial charge is 0.489 e. The number of carbonyl (C=O) groups excluding carboxylic acids is 3. The molecule has 6 nitrogen and oxygen atoms in total. The SMILES string of the molecule is COC1=C(OC)C(=O)C(Cc2ccc(CCC(=O)N(C)C)cc2)=C(C)C1=O. The Morgan fingerprint density at radius 2 is 1.44 bits per heavy atom. The van der Waals surface area contributed by atoms with Gasteiger partial charge < -0.3 is 14.4 Å². The molecule has 0 fully saturated rings. The second-order valence-corrected chi connectivity index (χ2v) is 6.61. The molecule has 0 unspecified atom stereocenters. The number of Topliss-reactive ketones (excluding diaryl/α,β-unsaturated/α-hetero) is 2. The second kappa shape index (κ2) is 8.66. The van der Waals surface area contributed by atoms with Crippen LogP contribution in [0.4, 0.5) is 0 Å². The summed E-state index contributed by atoms with van der Waals surface area (Å²) < 4.78 is 10.1. The maximum Gasteiger partial charge on any atom is 0.228 e. The van der Waals surface area contributed by atoms with Gasteiger partial charge in [-0.25, -0.2) is 0 Å². The van der Waals surface area contributed by atoms with E-state index >= 15 is 0 Å². The van der Waals surface area contributed by atoms with Crippen molar-refractivity contribution in [1.29, 1.82) is 0 Å². The number of ether oxygens (including phenoxy) is 2. The van der Waals surface area contributed by atoms with Gasteiger partial charge >= 0.3 is 0 Å². The van der Waals surface area contributed by atoms with Crippen LogP contribution in [0.5, 0.6) is 0 Å². The lowest BCUT2D eigenvalue weighted by molar-refractivity contribution is -0.128. The van der Waals surface area contributed by atoms with E-state index in [1.165, 1.54) is 14.2 Å². The molecule has 2 rings (SSSR count). The average molecular weight is 371 g/mol. The van der Waals surface area contributed by atoms with E-state index in [-0.39, 0.29) is 29.0 Å². The van der Waals surface area contributed by atoms with E-state index in [9.17, 15) is 14.4 Å². The Hall–Kier alpha value is -2.89. The number of allylic oxidation sites excluding steroid dienone is 2. The molecule has 144 valence electrons. The molecule has 0 aromatic heterocycles. The van der Waals surface area contributed by atoms with Crippen molar-refractivity contribution in [1.82, 2.24) is 4.90 Å². The van der Waals surface area contributed by atoms with Crippen LogP contribution in [0.2, 0.25) is 0 Å². The maximum absolute atomic E-state index is 12.7. The molecule has 0 aliphatic heterocycles. The molecule has 1 amide bonds. The quantitative estimate of drug-likeness (QED) is 0.687. The topological polar surface area (TPSA) is 72.9 Å². The van der Waals surface area contributed by atoms with Crippen molar-refractivity contribution in [3.8, 4) is 0 Å². The van der Waals surface area contributed by atoms with E-state index in [0.29, 0.717) is 30.4 Å². The Morgan fingerprint density at radius 1 is 0.926 bits per heavy atom. The molecule has 0 saturated carbocycles. The first-order chi connectivity index (χ1) is 12.8. The van der Waals surface area contributed by atoms with Gasteiger partial charge in [-0.15, -0.1) is 0 Å². The molecule has 1 aliphatic rings. The minimum absolute atomic E-state index is 0.0512. The fraction of sp³-hybridized carbons (Fsp3) is 0.381. The molecule has 0 saturated heterocycles. The number of rotatable bonds is 7. The smallest absolute Gasteiger partial charge is 0.228 e. The number of amides is 1. The van der Waals surface area contributed by atoms with Crippen LogP contribution in [0.25, 0.3) is 0 Å². The van der Waals surface area contributed by atoms with Gasteiger partial charge in [0, 0.05) is 38.1 Å². The Balaban J connectivity index is 2.15. The predicted octanol–water partition coefficient (Wildman–Crippen LogP) is 2.22. The van der Waals surface area contributed by atoms with Crippen LogP contribution in [0.15, 0.2) is 46.9 Å². The highest BCUT2D eigenvalue weighted by molar-refractivity contribution is 6.23. The van der Waals surface area contributed by atoms with Gasteiger partial charge in [0.15, 0.2) is 0 Å². The molecule has 1 aromatic rings. The molecule has 27 heavy (non-hydrogen) atoms. The number of hydrogen-bond acceptors (Lipinski definition) is 5. The molecule has 0 N–H and O–H groups in total. The summed E-state index contributed by atoms with van der Waals surface area (Å²) in [6, 6.07) is 7.71. The summed E-state index contributed by atoms with van der Waals surface area (Å²) in [7, 11) is 6.17. The minimum atomic E-state index is -0.331. The zero-order valence-corrected chi connectivity index (χ0v) is 16.4. The van der Waals surface area contributed by atoms with Crippen molar-refractivity contribution in [2.45, 2.75) is 26.2 Å². The normalized spacial score (nSPS) is 14.6. The monoisotopic (exact) mass is 371 g/mol. The van der Waals surface area contributed by atoms with Gasteiger partial charge in [-0.2, -0.15) is 0 Å². The number of methoxy groups -OCH3 is 2. The predicted molar refractivity (Wildman–Crippen MR) is 101 cm³/mol. The molecule has 0 radical (unpaired) electrons. The molecule has 6 heteroatoms. The molecule has 0 atom stereocenters. The van der Waals surface area contributed by atoms with Crippen LogP contribution in [0, 0.1) is 0 Å². The van der Waals surface area contributed by atoms with Crippen molar-refractivity contribution >= 4 is 17.5 Å². The number of aryl methyl sites for hydroxylation is 1. The van der Waals surface area contributed by atoms with E-state index in [4.69, 9.17) is 9.47 Å². The minimum Gasteiger partial charge on any atom is -0.489 e. The van der Waals surface area contributed by atoms with Crippen molar-refractivity contribution < 1.29 is 23.9 Å². The highest BCUT2D eigenvalue weighted by atomic mass is 16.5. The van der Waals surface area contributed by atoms with Gasteiger partial charge in [-0.3, -0.25) is 14.4 Å². The van der Waals surface area contributed by atoms with Gasteiger partial charge in [0.05, 0.1) is 14.2 Å². The van der Waals surface area contributed by atoms with Crippen LogP contribution in [-0.2, 0) is 36.7 Å². The first-order valence-electron chi connectivity index (χ1n) is 8.69. The fourth-order valence-corrected chi connectivity index (χ4v) is 2.91. The Bertz CT molecular complexity index is 815. The van der Waals surface area contributed by atoms with E-state index in [1.807, 2.05) is 24.3 Å². The Morgan fingerprint density at radius 3 is 1.96 bits per heavy atom. The highest BCUT2D eigenvalue weighted by Crippen LogP contribution is 2.28. The number of nitrogens with zero attached hydrogens (tertiary/aromatic N) is 1. The molecular formula is C21H25NO5. The summed E-state index contributed by atoms with van der Waals surface area (Å²) in [6.45, 7) is 1.63. The molecule has 0 heterocycles. The van der Waals surface area contributed by atoms with Crippen LogP contribution < -0.4 is 0 Å². The van der Waals surface area contributed by atoms with Gasteiger partial charge in [0.2, 0.25) is 29.0 Å². The zero-order chi connectivity index (χ0) is 20.1. The van der Waals surface area contributed by atoms with Gasteiger partial charge in [0.25, 0.3) is 0 Å². The number of benzene rings is 1. The molecule has 0 bridgehead atoms. The van der Waals surface area contributed by atoms with E-state index in [0.717, 1.165) is 11.1 Å². The van der Waals surface area contributed by atoms with E-state index < -0.39 is 0 Å². The van der Waals surface area contributed by atoms with Gasteiger partial charge in [-0.05, 0) is 24.5 Å². The van der Waals surface area contributed by atoms with E-state index in [1.54, 1.807) is 25.9 Å². The first kappa shape index (κ1) is 20.4. The Kier molecular flexibility index (Phi) is 6.55. The van der Waals surface area contributed by atoms with Crippen molar-refractivity contribution in [2.24, 2.45) is 0 Å². The maximum atomic E-state index is 12.7. The summed E-state index contributed by atoms with van der Waals surface area (Å²) in [6.07, 6.45) is 1.44. The van der Waals surface area contributed by atoms with E-state index in [2.05, 4.69) is 0 Å². The second-order valence-electron chi connectivity index (χ2n) is 6.61. The van der Waals surface area contributed by atoms with Crippen LogP contribution in [0.3, 0.4) is 0 Å². The lowest BCUT2D eigenvalue weighted by Crippen LogP contribution is -2.26. The molecule has 1 aromatic carbocycles. The summed E-state index contributed by atoms with van der Waals surface area (Å²) >= 11 is 0. The standard InChI is InChI=1S/C21H25NO5/c1-13-16(19(25)21(27-5)20(26-4)18(13)24)12-15-8-6-14(7-9-15)10-11-17(23)22(2)3/h6-9H,10-12H2,1-5H3. The lowest BCUT2D eigenvalue weighted by atomic mass is 9.88. The summed E-state index contributed by atoms with van der Waals surface area (Å²) in [4.78, 5) is 38.4. The third-order valence-corrected chi connectivity index (χ3v) is 4.62. The van der Waals surface area contributed by atoms with Gasteiger partial charge in [0.1, 0.15) is 0 Å². The van der Waals surface area contributed by atoms with Crippen LogP contribution in [-0.4, -0.2) is 50.7 Å². The summed E-state index contributed by atoms with van der Waals surface area (Å²) in [5, 5.41) is 0. The summed E-state index contributed by atoms with van der Waals surface area (Å²) in [5.74, 6) is -0.680. The number of hydrogen-bond donors (Lipinski definition) is 0. The first-order valence-corrected chi connectivity index (χ1v) is 8.69. The molecular weight excluding hydrogens is 346 g/mol. The molecule has 1 aliphatic carbocycles. The summed E-state index contributed by atoms with van der Waals surface area (Å²) in [5.41, 5.74) is 2.74. The van der Waals surface area contributed by atoms with Crippen molar-refractivity contribution in [3.05, 3.63) is 58.1 Å². The highest BCUT2D eigenvalue weighted by Gasteiger charge is 2.34. The molecule has 0 spiro atoms. The third-order valence-electron chi connectivity index (χ3n) is 4.62. The van der Waals surface area contributed by atoms with Crippen LogP contribution in [0.1, 0.15) is 24.5 Å². The average Bonchev–Trinajstić information content (AvgIpc) is 2.66. The zero-order valence-electron chi connectivity index (χ0n) is 16.4. The number of carbonyl (C=O) groups is 3. The lowest BCUT2D eigenvalue weighted by Gasteiger charge is -2.20. The fourth-order valence-electron chi connectivity index (χ4n) is 2.91. The Labute approximate surface area is 159 Å². The van der Waals surface area contributed by atoms with Crippen LogP contribution >= 0.6 is 0 Å². The third kappa shape index (κ3) is 4.45. The van der Waals surface area contributed by atoms with Gasteiger partial charge in [-0.1, -0.05) is 24.3 Å². The van der Waals surface area contributed by atoms with Crippen molar-refractivity contribution in [3.63, 3.8) is 0 Å². The number of ketones is 2.